The maximum absolute atomic E-state index is 12.8. The fraction of sp³-hybridized carbons (Fsp3) is 0.550. The number of hydrogen-bond acceptors (Lipinski definition) is 3. The lowest BCUT2D eigenvalue weighted by Gasteiger charge is -2.37. The van der Waals surface area contributed by atoms with Gasteiger partial charge >= 0.3 is 0 Å². The van der Waals surface area contributed by atoms with Gasteiger partial charge in [-0.05, 0) is 31.5 Å². The highest BCUT2D eigenvalue weighted by atomic mass is 16.2. The zero-order valence-electron chi connectivity index (χ0n) is 15.3. The number of piperazine rings is 1. The van der Waals surface area contributed by atoms with Crippen LogP contribution in [0.1, 0.15) is 19.0 Å². The van der Waals surface area contributed by atoms with Crippen LogP contribution in [0.4, 0.5) is 0 Å². The summed E-state index contributed by atoms with van der Waals surface area (Å²) in [5.74, 6) is 0.294. The molecule has 0 bridgehead atoms. The molecule has 4 rings (SSSR count). The fourth-order valence-electron chi connectivity index (χ4n) is 4.14. The highest BCUT2D eigenvalue weighted by Gasteiger charge is 2.26. The van der Waals surface area contributed by atoms with Crippen molar-refractivity contribution in [2.75, 3.05) is 39.8 Å². The van der Waals surface area contributed by atoms with Crippen molar-refractivity contribution in [3.63, 3.8) is 0 Å². The van der Waals surface area contributed by atoms with Crippen molar-refractivity contribution in [3.05, 3.63) is 36.0 Å². The molecule has 134 valence electrons. The van der Waals surface area contributed by atoms with Crippen molar-refractivity contribution in [1.82, 2.24) is 19.3 Å². The molecule has 5 nitrogen and oxygen atoms in total. The molecule has 1 aromatic heterocycles. The maximum atomic E-state index is 12.8. The average Bonchev–Trinajstić information content (AvgIpc) is 3.00. The van der Waals surface area contributed by atoms with Gasteiger partial charge in [-0.2, -0.15) is 0 Å². The van der Waals surface area contributed by atoms with Crippen molar-refractivity contribution >= 4 is 16.8 Å². The van der Waals surface area contributed by atoms with E-state index < -0.39 is 0 Å². The number of aromatic nitrogens is 1. The number of fused-ring (bicyclic) bond motifs is 3. The summed E-state index contributed by atoms with van der Waals surface area (Å²) in [6.45, 7) is 8.99. The third-order valence-electron chi connectivity index (χ3n) is 5.83. The first-order valence-corrected chi connectivity index (χ1v) is 9.39. The monoisotopic (exact) mass is 340 g/mol. The molecule has 1 aromatic carbocycles. The Hall–Kier alpha value is -1.85. The largest absolute Gasteiger partial charge is 0.341 e. The second kappa shape index (κ2) is 6.81. The van der Waals surface area contributed by atoms with E-state index in [0.717, 1.165) is 45.8 Å². The maximum Gasteiger partial charge on any atom is 0.224 e. The molecule has 1 amide bonds. The molecule has 3 heterocycles. The number of likely N-dealkylation sites (N-methyl/N-ethyl adjacent to an activating group) is 1. The van der Waals surface area contributed by atoms with Crippen LogP contribution in [0, 0.1) is 0 Å². The topological polar surface area (TPSA) is 31.7 Å². The van der Waals surface area contributed by atoms with Gasteiger partial charge in [0.2, 0.25) is 5.91 Å². The van der Waals surface area contributed by atoms with Crippen molar-refractivity contribution in [2.24, 2.45) is 0 Å². The Balaban J connectivity index is 1.40. The van der Waals surface area contributed by atoms with E-state index in [4.69, 9.17) is 0 Å². The van der Waals surface area contributed by atoms with Crippen LogP contribution in [0.25, 0.3) is 10.9 Å². The first kappa shape index (κ1) is 16.6. The van der Waals surface area contributed by atoms with E-state index in [0.29, 0.717) is 18.4 Å². The van der Waals surface area contributed by atoms with E-state index in [1.54, 1.807) is 0 Å². The van der Waals surface area contributed by atoms with Crippen molar-refractivity contribution in [1.29, 1.82) is 0 Å². The zero-order valence-corrected chi connectivity index (χ0v) is 15.3. The van der Waals surface area contributed by atoms with Gasteiger partial charge in [-0.3, -0.25) is 9.69 Å². The van der Waals surface area contributed by atoms with Crippen molar-refractivity contribution in [3.8, 4) is 0 Å². The molecule has 0 radical (unpaired) electrons. The van der Waals surface area contributed by atoms with E-state index >= 15 is 0 Å². The standard InChI is InChI=1S/C20H28N4O/c1-16(22-9-7-21(2)8-10-22)13-20(25)23-11-12-24-18(15-23)14-17-5-3-4-6-19(17)24/h3-6,14,16H,7-13,15H2,1-2H3/t16-/m0/s1. The summed E-state index contributed by atoms with van der Waals surface area (Å²) in [6.07, 6.45) is 0.629. The van der Waals surface area contributed by atoms with Crippen molar-refractivity contribution < 1.29 is 4.79 Å². The van der Waals surface area contributed by atoms with E-state index in [-0.39, 0.29) is 0 Å². The molecule has 0 spiro atoms. The molecule has 2 aromatic rings. The number of benzene rings is 1. The number of hydrogen-bond donors (Lipinski definition) is 0. The van der Waals surface area contributed by atoms with Gasteiger partial charge in [0.25, 0.3) is 0 Å². The molecule has 0 unspecified atom stereocenters. The summed E-state index contributed by atoms with van der Waals surface area (Å²) >= 11 is 0. The number of para-hydroxylation sites is 1. The van der Waals surface area contributed by atoms with Gasteiger partial charge < -0.3 is 14.4 Å². The van der Waals surface area contributed by atoms with Crippen LogP contribution in [0.3, 0.4) is 0 Å². The third kappa shape index (κ3) is 3.31. The van der Waals surface area contributed by atoms with Gasteiger partial charge in [0.05, 0.1) is 6.54 Å². The number of carbonyl (C=O) groups is 1. The van der Waals surface area contributed by atoms with E-state index in [1.807, 2.05) is 4.90 Å². The predicted octanol–water partition coefficient (Wildman–Crippen LogP) is 2.01. The predicted molar refractivity (Wildman–Crippen MR) is 101 cm³/mol. The van der Waals surface area contributed by atoms with Gasteiger partial charge in [0, 0.05) is 62.9 Å². The average molecular weight is 340 g/mol. The van der Waals surface area contributed by atoms with Gasteiger partial charge in [-0.1, -0.05) is 18.2 Å². The Morgan fingerprint density at radius 3 is 2.64 bits per heavy atom. The first-order valence-electron chi connectivity index (χ1n) is 9.39. The zero-order chi connectivity index (χ0) is 17.4. The van der Waals surface area contributed by atoms with Crippen LogP contribution in [0.2, 0.25) is 0 Å². The summed E-state index contributed by atoms with van der Waals surface area (Å²) in [7, 11) is 2.17. The summed E-state index contributed by atoms with van der Waals surface area (Å²) in [4.78, 5) is 19.7. The van der Waals surface area contributed by atoms with Crippen LogP contribution < -0.4 is 0 Å². The normalized spacial score (nSPS) is 20.6. The Morgan fingerprint density at radius 1 is 1.08 bits per heavy atom. The van der Waals surface area contributed by atoms with Gasteiger partial charge in [0.1, 0.15) is 0 Å². The quantitative estimate of drug-likeness (QED) is 0.857. The van der Waals surface area contributed by atoms with Crippen LogP contribution in [0.5, 0.6) is 0 Å². The molecule has 0 aliphatic carbocycles. The number of nitrogens with zero attached hydrogens (tertiary/aromatic N) is 4. The summed E-state index contributed by atoms with van der Waals surface area (Å²) < 4.78 is 2.36. The minimum absolute atomic E-state index is 0.294. The Bertz CT molecular complexity index is 760. The molecule has 0 saturated carbocycles. The molecule has 2 aliphatic rings. The van der Waals surface area contributed by atoms with Crippen LogP contribution in [0.15, 0.2) is 30.3 Å². The second-order valence-corrected chi connectivity index (χ2v) is 7.55. The molecular weight excluding hydrogens is 312 g/mol. The lowest BCUT2D eigenvalue weighted by atomic mass is 10.1. The smallest absolute Gasteiger partial charge is 0.224 e. The van der Waals surface area contributed by atoms with Gasteiger partial charge in [-0.25, -0.2) is 0 Å². The van der Waals surface area contributed by atoms with Crippen LogP contribution in [-0.4, -0.2) is 71.0 Å². The number of rotatable bonds is 3. The summed E-state index contributed by atoms with van der Waals surface area (Å²) in [6, 6.07) is 11.1. The molecule has 0 N–H and O–H groups in total. The van der Waals surface area contributed by atoms with Gasteiger partial charge in [-0.15, -0.1) is 0 Å². The number of carbonyl (C=O) groups excluding carboxylic acids is 1. The molecule has 1 fully saturated rings. The second-order valence-electron chi connectivity index (χ2n) is 7.55. The third-order valence-corrected chi connectivity index (χ3v) is 5.83. The minimum Gasteiger partial charge on any atom is -0.341 e. The molecule has 1 saturated heterocycles. The molecule has 2 aliphatic heterocycles. The molecule has 1 atom stereocenters. The Labute approximate surface area is 149 Å². The SMILES string of the molecule is C[C@@H](CC(=O)N1CCn2c(cc3ccccc32)C1)N1CCN(C)CC1. The highest BCUT2D eigenvalue weighted by molar-refractivity contribution is 5.82. The minimum atomic E-state index is 0.294. The number of amides is 1. The Kier molecular flexibility index (Phi) is 4.52. The van der Waals surface area contributed by atoms with Crippen LogP contribution >= 0.6 is 0 Å². The molecule has 25 heavy (non-hydrogen) atoms. The van der Waals surface area contributed by atoms with E-state index in [9.17, 15) is 4.79 Å². The Morgan fingerprint density at radius 2 is 1.84 bits per heavy atom. The summed E-state index contributed by atoms with van der Waals surface area (Å²) in [5, 5.41) is 1.28. The lowest BCUT2D eigenvalue weighted by Crippen LogP contribution is -2.49. The van der Waals surface area contributed by atoms with Crippen LogP contribution in [-0.2, 0) is 17.9 Å². The molecular formula is C20H28N4O. The van der Waals surface area contributed by atoms with Crippen molar-refractivity contribution in [2.45, 2.75) is 32.5 Å². The highest BCUT2D eigenvalue weighted by Crippen LogP contribution is 2.24. The first-order chi connectivity index (χ1) is 12.1. The molecule has 5 heteroatoms. The van der Waals surface area contributed by atoms with E-state index in [1.165, 1.54) is 16.6 Å². The van der Waals surface area contributed by atoms with Gasteiger partial charge in [0.15, 0.2) is 0 Å². The lowest BCUT2D eigenvalue weighted by molar-refractivity contribution is -0.134. The van der Waals surface area contributed by atoms with E-state index in [2.05, 4.69) is 58.7 Å². The summed E-state index contributed by atoms with van der Waals surface area (Å²) in [5.41, 5.74) is 2.54. The fourth-order valence-corrected chi connectivity index (χ4v) is 4.14.